The highest BCUT2D eigenvalue weighted by Gasteiger charge is 1.95. The Bertz CT molecular complexity index is 440. The van der Waals surface area contributed by atoms with Crippen molar-refractivity contribution in [2.24, 2.45) is 0 Å². The van der Waals surface area contributed by atoms with Gasteiger partial charge in [-0.2, -0.15) is 0 Å². The van der Waals surface area contributed by atoms with Gasteiger partial charge in [-0.3, -0.25) is 0 Å². The average Bonchev–Trinajstić information content (AvgIpc) is 2.39. The van der Waals surface area contributed by atoms with E-state index in [1.807, 2.05) is 0 Å². The molecule has 0 saturated carbocycles. The lowest BCUT2D eigenvalue weighted by atomic mass is 10.3. The second kappa shape index (κ2) is 2.02. The first kappa shape index (κ1) is 4.03. The topological polar surface area (TPSA) is 26.0 Å². The van der Waals surface area contributed by atoms with Gasteiger partial charge in [0.25, 0.3) is 0 Å². The summed E-state index contributed by atoms with van der Waals surface area (Å²) in [5.41, 5.74) is 0.857. The summed E-state index contributed by atoms with van der Waals surface area (Å²) in [4.78, 5) is 4.27. The first-order chi connectivity index (χ1) is 5.68. The van der Waals surface area contributed by atoms with Gasteiger partial charge in [0.2, 0.25) is 0 Å². The van der Waals surface area contributed by atoms with Crippen molar-refractivity contribution in [1.82, 2.24) is 4.98 Å². The van der Waals surface area contributed by atoms with Crippen molar-refractivity contribution >= 4 is 23.7 Å². The number of hydrogen-bond acceptors (Lipinski definition) is 3. The van der Waals surface area contributed by atoms with Crippen LogP contribution in [0.4, 0.5) is 0 Å². The van der Waals surface area contributed by atoms with Crippen LogP contribution in [0.5, 0.6) is 0 Å². The molecule has 0 N–H and O–H groups in total. The van der Waals surface area contributed by atoms with E-state index >= 15 is 0 Å². The largest absolute Gasteiger partial charge is 0.443 e. The predicted octanol–water partition coefficient (Wildman–Crippen LogP) is 2.12. The highest BCUT2D eigenvalue weighted by molar-refractivity contribution is 7.80. The van der Waals surface area contributed by atoms with Gasteiger partial charge < -0.3 is 4.42 Å². The maximum Gasteiger partial charge on any atom is 0.181 e. The Morgan fingerprint density at radius 1 is 1.60 bits per heavy atom. The average molecular weight is 153 g/mol. The molecular weight excluding hydrogens is 146 g/mol. The number of thiol groups is 1. The van der Waals surface area contributed by atoms with Crippen LogP contribution in [-0.2, 0) is 0 Å². The van der Waals surface area contributed by atoms with Gasteiger partial charge in [0.1, 0.15) is 6.89 Å². The summed E-state index contributed by atoms with van der Waals surface area (Å²) in [7, 11) is 0. The molecule has 1 heterocycles. The van der Waals surface area contributed by atoms with Gasteiger partial charge in [0, 0.05) is 4.90 Å². The van der Waals surface area contributed by atoms with Crippen LogP contribution in [0, 0.1) is 0 Å². The van der Waals surface area contributed by atoms with Gasteiger partial charge in [0.15, 0.2) is 12.0 Å². The fourth-order valence-corrected chi connectivity index (χ4v) is 0.922. The van der Waals surface area contributed by atoms with Crippen molar-refractivity contribution in [3.8, 4) is 0 Å². The molecule has 50 valence electrons. The zero-order valence-electron chi connectivity index (χ0n) is 6.96. The molecule has 0 saturated heterocycles. The molecule has 0 aliphatic heterocycles. The molecule has 0 aliphatic rings. The SMILES string of the molecule is [2H]c1nc2c([2H])c(S)ccc2o1. The second-order valence-corrected chi connectivity index (χ2v) is 2.34. The van der Waals surface area contributed by atoms with Crippen molar-refractivity contribution in [2.75, 3.05) is 0 Å². The minimum absolute atomic E-state index is 0.169. The number of rotatable bonds is 0. The highest BCUT2D eigenvalue weighted by atomic mass is 32.1. The highest BCUT2D eigenvalue weighted by Crippen LogP contribution is 2.15. The van der Waals surface area contributed by atoms with Crippen LogP contribution in [0.25, 0.3) is 11.1 Å². The Labute approximate surface area is 66.1 Å². The van der Waals surface area contributed by atoms with Gasteiger partial charge in [-0.1, -0.05) is 0 Å². The van der Waals surface area contributed by atoms with Gasteiger partial charge in [-0.05, 0) is 18.2 Å². The van der Waals surface area contributed by atoms with Crippen LogP contribution in [0.1, 0.15) is 2.74 Å². The molecule has 1 aromatic carbocycles. The van der Waals surface area contributed by atoms with Gasteiger partial charge in [-0.15, -0.1) is 12.6 Å². The van der Waals surface area contributed by atoms with Crippen molar-refractivity contribution in [3.05, 3.63) is 24.5 Å². The van der Waals surface area contributed by atoms with E-state index < -0.39 is 0 Å². The van der Waals surface area contributed by atoms with E-state index in [1.54, 1.807) is 12.1 Å². The summed E-state index contributed by atoms with van der Waals surface area (Å²) >= 11 is 4.05. The monoisotopic (exact) mass is 153 g/mol. The van der Waals surface area contributed by atoms with Gasteiger partial charge in [0.05, 0.1) is 1.37 Å². The van der Waals surface area contributed by atoms with Crippen molar-refractivity contribution in [3.63, 3.8) is 0 Å². The minimum Gasteiger partial charge on any atom is -0.443 e. The molecule has 0 atom stereocenters. The van der Waals surface area contributed by atoms with E-state index in [9.17, 15) is 0 Å². The van der Waals surface area contributed by atoms with Crippen LogP contribution >= 0.6 is 12.6 Å². The Balaban J connectivity index is 2.89. The third-order valence-electron chi connectivity index (χ3n) is 1.19. The molecule has 0 bridgehead atoms. The molecule has 3 heteroatoms. The molecule has 0 fully saturated rings. The van der Waals surface area contributed by atoms with E-state index in [-0.39, 0.29) is 12.4 Å². The van der Waals surface area contributed by atoms with Gasteiger partial charge in [-0.25, -0.2) is 4.98 Å². The molecule has 2 nitrogen and oxygen atoms in total. The van der Waals surface area contributed by atoms with Crippen LogP contribution in [0.3, 0.4) is 0 Å². The fraction of sp³-hybridized carbons (Fsp3) is 0. The number of hydrogen-bond donors (Lipinski definition) is 1. The number of oxazole rings is 1. The van der Waals surface area contributed by atoms with E-state index in [1.165, 1.54) is 0 Å². The third-order valence-corrected chi connectivity index (χ3v) is 1.45. The van der Waals surface area contributed by atoms with Crippen molar-refractivity contribution in [2.45, 2.75) is 4.90 Å². The van der Waals surface area contributed by atoms with Crippen LogP contribution in [0.2, 0.25) is 0 Å². The maximum atomic E-state index is 7.52. The Morgan fingerprint density at radius 3 is 3.40 bits per heavy atom. The summed E-state index contributed by atoms with van der Waals surface area (Å²) < 4.78 is 19.5. The summed E-state index contributed by atoms with van der Waals surface area (Å²) in [5.74, 6) is 0. The smallest absolute Gasteiger partial charge is 0.181 e. The molecule has 0 radical (unpaired) electrons. The van der Waals surface area contributed by atoms with Gasteiger partial charge >= 0.3 is 0 Å². The maximum absolute atomic E-state index is 7.52. The lowest BCUT2D eigenvalue weighted by Crippen LogP contribution is -1.66. The number of aromatic nitrogens is 1. The number of benzene rings is 1. The second-order valence-electron chi connectivity index (χ2n) is 1.86. The molecule has 0 spiro atoms. The third kappa shape index (κ3) is 0.789. The summed E-state index contributed by atoms with van der Waals surface area (Å²) in [5, 5.41) is 0. The lowest BCUT2D eigenvalue weighted by Gasteiger charge is -1.86. The zero-order chi connectivity index (χ0) is 8.72. The van der Waals surface area contributed by atoms with E-state index in [4.69, 9.17) is 7.16 Å². The standard InChI is InChI=1S/C7H5NOS/c10-5-1-2-7-6(3-5)8-4-9-7/h1-4,10H/i3D,4D. The predicted molar refractivity (Wildman–Crippen MR) is 41.3 cm³/mol. The van der Waals surface area contributed by atoms with E-state index in [2.05, 4.69) is 17.6 Å². The molecular formula is C7H5NOS. The molecule has 0 amide bonds. The molecule has 2 rings (SSSR count). The van der Waals surface area contributed by atoms with Crippen molar-refractivity contribution < 1.29 is 7.16 Å². The van der Waals surface area contributed by atoms with Crippen LogP contribution in [0.15, 0.2) is 33.9 Å². The fourth-order valence-electron chi connectivity index (χ4n) is 0.741. The molecule has 1 aromatic heterocycles. The summed E-state index contributed by atoms with van der Waals surface area (Å²) in [6.45, 7) is 0. The van der Waals surface area contributed by atoms with Crippen LogP contribution < -0.4 is 0 Å². The minimum atomic E-state index is -0.169. The van der Waals surface area contributed by atoms with E-state index in [0.29, 0.717) is 16.0 Å². The Kier molecular flexibility index (Phi) is 0.815. The zero-order valence-corrected chi connectivity index (χ0v) is 5.85. The summed E-state index contributed by atoms with van der Waals surface area (Å²) in [6.07, 6.45) is -0.169. The van der Waals surface area contributed by atoms with Crippen molar-refractivity contribution in [1.29, 1.82) is 0 Å². The normalized spacial score (nSPS) is 13.3. The lowest BCUT2D eigenvalue weighted by molar-refractivity contribution is 0.602. The van der Waals surface area contributed by atoms with E-state index in [0.717, 1.165) is 0 Å². The molecule has 2 aromatic rings. The van der Waals surface area contributed by atoms with Crippen LogP contribution in [-0.4, -0.2) is 4.98 Å². The molecule has 10 heavy (non-hydrogen) atoms. The first-order valence-electron chi connectivity index (χ1n) is 3.74. The Hall–Kier alpha value is -0.960. The molecule has 0 aliphatic carbocycles. The Morgan fingerprint density at radius 2 is 2.50 bits per heavy atom. The number of nitrogens with zero attached hydrogens (tertiary/aromatic N) is 1. The first-order valence-corrected chi connectivity index (χ1v) is 3.19. The summed E-state index contributed by atoms with van der Waals surface area (Å²) in [6, 6.07) is 3.51. The quantitative estimate of drug-likeness (QED) is 0.587. The molecule has 0 unspecified atom stereocenters. The number of fused-ring (bicyclic) bond motifs is 1.